The molecule has 4 rings (SSSR count). The van der Waals surface area contributed by atoms with E-state index in [1.54, 1.807) is 81.4 Å². The van der Waals surface area contributed by atoms with Gasteiger partial charge in [0.05, 0.1) is 61.6 Å². The highest BCUT2D eigenvalue weighted by Gasteiger charge is 2.44. The number of urea groups is 1. The molecule has 1 aliphatic heterocycles. The van der Waals surface area contributed by atoms with Crippen LogP contribution < -0.4 is 27.0 Å². The molecule has 25 heteroatoms. The van der Waals surface area contributed by atoms with Gasteiger partial charge in [-0.3, -0.25) is 48.1 Å². The van der Waals surface area contributed by atoms with E-state index in [0.717, 1.165) is 11.1 Å². The van der Waals surface area contributed by atoms with Crippen LogP contribution in [-0.2, 0) is 75.1 Å². The van der Waals surface area contributed by atoms with Crippen LogP contribution in [0, 0.1) is 59.2 Å². The van der Waals surface area contributed by atoms with E-state index in [4.69, 9.17) is 24.7 Å². The van der Waals surface area contributed by atoms with Crippen molar-refractivity contribution in [3.63, 3.8) is 0 Å². The summed E-state index contributed by atoms with van der Waals surface area (Å²) < 4.78 is 23.4. The van der Waals surface area contributed by atoms with Crippen molar-refractivity contribution in [2.45, 2.75) is 207 Å². The first-order valence-corrected chi connectivity index (χ1v) is 38.2. The molecule has 1 aliphatic rings. The molecule has 1 saturated heterocycles. The van der Waals surface area contributed by atoms with Crippen LogP contribution in [0.1, 0.15) is 169 Å². The van der Waals surface area contributed by atoms with Gasteiger partial charge in [-0.15, -0.1) is 0 Å². The van der Waals surface area contributed by atoms with E-state index in [2.05, 4.69) is 43.1 Å². The van der Waals surface area contributed by atoms with Crippen molar-refractivity contribution in [3.05, 3.63) is 83.7 Å². The number of ketones is 4. The third kappa shape index (κ3) is 30.2. The van der Waals surface area contributed by atoms with Gasteiger partial charge < -0.3 is 55.7 Å². The van der Waals surface area contributed by atoms with E-state index < -0.39 is 71.9 Å². The number of Topliss-reactive ketones (excluding diaryl/α,β-unsaturated/α-hetero) is 4. The number of methoxy groups -OCH3 is 2. The minimum Gasteiger partial charge on any atom is -0.379 e. The maximum Gasteiger partial charge on any atom is 0.312 e. The molecule has 6 N–H and O–H groups in total. The second-order valence-electron chi connectivity index (χ2n) is 28.7. The Labute approximate surface area is 622 Å². The molecular formula is C79H120N10O14S. The van der Waals surface area contributed by atoms with Crippen LogP contribution >= 0.6 is 11.8 Å². The minimum atomic E-state index is -0.936. The van der Waals surface area contributed by atoms with E-state index in [0.29, 0.717) is 87.3 Å². The number of carbonyl (C=O) groups excluding carboxylic acids is 10. The molecule has 24 nitrogen and oxygen atoms in total. The SMILES string of the molecule is CC[C@H](C)[C@@H]([C@@H](CC(=O)N1CCC[C@H]1[C@H](OC)[C@@H](C)C(=O)C[C@@H](Cc1ccccc1)C(=O)NCc1ccc(NC(=O)[C@H](CCCNC(N)=O)CC(=O)[C@@H](NC(=O)COCCOCCCC(=O)CCCC#Cc2cnc(SC)nc2)C(C)C)cc1)OC)N(C)C(=O)[C@@H](CC(=O)[C@H](C(C)C)N(C)C)C(C)C. The first kappa shape index (κ1) is 88.9. The Morgan fingerprint density at radius 2 is 1.38 bits per heavy atom. The summed E-state index contributed by atoms with van der Waals surface area (Å²) in [5.41, 5.74) is 8.02. The summed E-state index contributed by atoms with van der Waals surface area (Å²) in [6.07, 6.45) is 8.98. The molecule has 1 fully saturated rings. The summed E-state index contributed by atoms with van der Waals surface area (Å²) in [6.45, 7) is 18.4. The number of unbranched alkanes of at least 4 members (excludes halogenated alkanes) is 1. The number of primary amides is 1. The number of anilines is 1. The highest BCUT2D eigenvalue weighted by molar-refractivity contribution is 7.98. The summed E-state index contributed by atoms with van der Waals surface area (Å²) in [4.78, 5) is 151. The van der Waals surface area contributed by atoms with E-state index >= 15 is 0 Å². The normalized spacial score (nSPS) is 15.9. The maximum atomic E-state index is 14.7. The molecule has 0 bridgehead atoms. The van der Waals surface area contributed by atoms with Gasteiger partial charge in [-0.1, -0.05) is 135 Å². The van der Waals surface area contributed by atoms with Gasteiger partial charge in [0.2, 0.25) is 29.5 Å². The lowest BCUT2D eigenvalue weighted by Gasteiger charge is -2.41. The number of nitrogens with two attached hydrogens (primary N) is 1. The third-order valence-corrected chi connectivity index (χ3v) is 20.1. The lowest BCUT2D eigenvalue weighted by molar-refractivity contribution is -0.149. The zero-order valence-corrected chi connectivity index (χ0v) is 65.2. The standard InChI is InChI=1S/C79H120N10O14S/c1-16-54(8)73(88(12)77(98)63(51(2)3)45-67(93)72(53(6)7)87(10)11)68(100-13)46-70(95)89-38-24-32-64(89)74(101-14)55(9)65(91)44-60(42-56-26-19-17-20-27-56)75(96)82-47-57-33-35-61(36-34-57)85-76(97)59(29-23-37-81-78(80)99)43-66(92)71(52(4)5)86-69(94)50-103-41-40-102-39-25-31-62(90)30-22-18-21-28-58-48-83-79(104-15)84-49-58/h17,19-20,26-27,33-36,48-49,51-55,59-60,63-64,68,71-74H,16,18,22-25,29-32,37-47,50H2,1-15H3,(H,82,96)(H,85,97)(H,86,94)(H3,80,81,99)/t54-,55-,59+,60+,63-,64-,68+,71-,72-,73-,74+/m0/s1. The Bertz CT molecular complexity index is 3250. The third-order valence-electron chi connectivity index (χ3n) is 19.6. The number of aromatic nitrogens is 2. The zero-order valence-electron chi connectivity index (χ0n) is 64.4. The quantitative estimate of drug-likeness (QED) is 0.0152. The number of ether oxygens (including phenoxy) is 4. The highest BCUT2D eigenvalue weighted by Crippen LogP contribution is 2.33. The zero-order chi connectivity index (χ0) is 77.0. The lowest BCUT2D eigenvalue weighted by Crippen LogP contribution is -2.54. The van der Waals surface area contributed by atoms with Crippen LogP contribution in [0.25, 0.3) is 0 Å². The molecule has 104 heavy (non-hydrogen) atoms. The van der Waals surface area contributed by atoms with Crippen LogP contribution in [0.2, 0.25) is 0 Å². The number of rotatable bonds is 49. The topological polar surface area (TPSA) is 317 Å². The molecule has 2 aromatic carbocycles. The van der Waals surface area contributed by atoms with E-state index in [1.807, 2.05) is 97.1 Å². The Morgan fingerprint density at radius 3 is 1.99 bits per heavy atom. The second-order valence-corrected chi connectivity index (χ2v) is 29.5. The number of hydrogen-bond acceptors (Lipinski definition) is 18. The van der Waals surface area contributed by atoms with Gasteiger partial charge in [-0.2, -0.15) is 0 Å². The molecular weight excluding hydrogens is 1340 g/mol. The average Bonchev–Trinajstić information content (AvgIpc) is 1.36. The Hall–Kier alpha value is -7.47. The molecule has 0 unspecified atom stereocenters. The van der Waals surface area contributed by atoms with E-state index in [1.165, 1.54) is 18.9 Å². The first-order valence-electron chi connectivity index (χ1n) is 37.0. The van der Waals surface area contributed by atoms with Crippen molar-refractivity contribution in [3.8, 4) is 11.8 Å². The first-order chi connectivity index (χ1) is 49.5. The van der Waals surface area contributed by atoms with Crippen LogP contribution in [0.5, 0.6) is 0 Å². The fourth-order valence-electron chi connectivity index (χ4n) is 13.7. The summed E-state index contributed by atoms with van der Waals surface area (Å²) in [5.74, 6) is 0.585. The molecule has 1 aromatic heterocycles. The van der Waals surface area contributed by atoms with Crippen molar-refractivity contribution in [1.82, 2.24) is 40.6 Å². The molecule has 0 saturated carbocycles. The van der Waals surface area contributed by atoms with Gasteiger partial charge in [0, 0.05) is 128 Å². The summed E-state index contributed by atoms with van der Waals surface area (Å²) in [5, 5.41) is 11.9. The van der Waals surface area contributed by atoms with Gasteiger partial charge in [-0.05, 0) is 112 Å². The summed E-state index contributed by atoms with van der Waals surface area (Å²) in [7, 11) is 8.60. The number of likely N-dealkylation sites (N-methyl/N-ethyl adjacent to an activating group) is 2. The largest absolute Gasteiger partial charge is 0.379 e. The monoisotopic (exact) mass is 1460 g/mol. The van der Waals surface area contributed by atoms with Crippen molar-refractivity contribution in [2.24, 2.45) is 53.1 Å². The fraction of sp³-hybridized carbons (Fsp3) is 0.646. The van der Waals surface area contributed by atoms with Crippen molar-refractivity contribution in [2.75, 3.05) is 86.5 Å². The van der Waals surface area contributed by atoms with Gasteiger partial charge >= 0.3 is 6.03 Å². The molecule has 0 aliphatic carbocycles. The molecule has 7 amide bonds. The van der Waals surface area contributed by atoms with Crippen LogP contribution in [0.15, 0.2) is 72.1 Å². The predicted octanol–water partition coefficient (Wildman–Crippen LogP) is 9.08. The summed E-state index contributed by atoms with van der Waals surface area (Å²) >= 11 is 1.46. The van der Waals surface area contributed by atoms with Crippen LogP contribution in [0.3, 0.4) is 0 Å². The number of carbonyl (C=O) groups is 10. The highest BCUT2D eigenvalue weighted by atomic mass is 32.2. The van der Waals surface area contributed by atoms with Crippen molar-refractivity contribution >= 4 is 76.1 Å². The number of nitrogens with zero attached hydrogens (tertiary/aromatic N) is 5. The Kier molecular flexibility index (Phi) is 40.3. The van der Waals surface area contributed by atoms with E-state index in [-0.39, 0.29) is 142 Å². The van der Waals surface area contributed by atoms with Gasteiger partial charge in [0.1, 0.15) is 18.2 Å². The van der Waals surface area contributed by atoms with Gasteiger partial charge in [0.25, 0.3) is 0 Å². The molecule has 2 heterocycles. The van der Waals surface area contributed by atoms with Crippen molar-refractivity contribution in [1.29, 1.82) is 0 Å². The maximum absolute atomic E-state index is 14.7. The van der Waals surface area contributed by atoms with Gasteiger partial charge in [-0.25, -0.2) is 14.8 Å². The Balaban J connectivity index is 1.34. The number of amides is 7. The molecule has 3 aromatic rings. The summed E-state index contributed by atoms with van der Waals surface area (Å²) in [6, 6.07) is 13.3. The van der Waals surface area contributed by atoms with Crippen LogP contribution in [-0.4, -0.2) is 201 Å². The molecule has 0 spiro atoms. The van der Waals surface area contributed by atoms with Crippen LogP contribution in [0.4, 0.5) is 10.5 Å². The average molecular weight is 1470 g/mol. The van der Waals surface area contributed by atoms with Gasteiger partial charge in [0.15, 0.2) is 16.7 Å². The van der Waals surface area contributed by atoms with Crippen molar-refractivity contribution < 1.29 is 66.9 Å². The number of hydrogen-bond donors (Lipinski definition) is 5. The van der Waals surface area contributed by atoms with E-state index in [9.17, 15) is 47.9 Å². The number of thioether (sulfide) groups is 1. The molecule has 0 radical (unpaired) electrons. The predicted molar refractivity (Wildman–Crippen MR) is 404 cm³/mol. The Morgan fingerprint density at radius 1 is 0.721 bits per heavy atom. The minimum absolute atomic E-state index is 0.0128. The molecule has 11 atom stereocenters. The number of nitrogens with one attached hydrogen (secondary N) is 4. The number of benzene rings is 2. The second kappa shape index (κ2) is 47.2. The molecule has 576 valence electrons. The number of likely N-dealkylation sites (tertiary alicyclic amines) is 1. The smallest absolute Gasteiger partial charge is 0.312 e. The lowest BCUT2D eigenvalue weighted by atomic mass is 9.83. The fourth-order valence-corrected chi connectivity index (χ4v) is 14.0.